The Bertz CT molecular complexity index is 772. The highest BCUT2D eigenvalue weighted by atomic mass is 19.1. The highest BCUT2D eigenvalue weighted by Gasteiger charge is 2.21. The minimum atomic E-state index is -0.857. The number of rotatable bonds is 6. The summed E-state index contributed by atoms with van der Waals surface area (Å²) >= 11 is 0. The number of ether oxygens (including phenoxy) is 3. The molecule has 0 aliphatic heterocycles. The third-order valence-electron chi connectivity index (χ3n) is 3.17. The first-order valence-corrected chi connectivity index (χ1v) is 7.09. The standard InChI is InChI=1S/C17H15F2NO5/c1-23-13-4-3-5-14(24-2)16(13)17(22)25-9-15(21)20-12-8-10(18)6-7-11(12)19/h3-8H,9H2,1-2H3,(H,20,21). The minimum Gasteiger partial charge on any atom is -0.496 e. The summed E-state index contributed by atoms with van der Waals surface area (Å²) in [6, 6.07) is 7.28. The van der Waals surface area contributed by atoms with Crippen molar-refractivity contribution in [3.05, 3.63) is 53.6 Å². The van der Waals surface area contributed by atoms with Crippen LogP contribution in [-0.2, 0) is 9.53 Å². The number of carbonyl (C=O) groups is 2. The van der Waals surface area contributed by atoms with E-state index in [9.17, 15) is 18.4 Å². The minimum absolute atomic E-state index is 0.0113. The zero-order chi connectivity index (χ0) is 18.4. The van der Waals surface area contributed by atoms with E-state index in [2.05, 4.69) is 5.32 Å². The predicted octanol–water partition coefficient (Wildman–Crippen LogP) is 2.78. The summed E-state index contributed by atoms with van der Waals surface area (Å²) in [6.07, 6.45) is 0. The van der Waals surface area contributed by atoms with E-state index in [4.69, 9.17) is 14.2 Å². The molecule has 0 saturated heterocycles. The average Bonchev–Trinajstić information content (AvgIpc) is 2.61. The molecule has 0 saturated carbocycles. The van der Waals surface area contributed by atoms with Crippen LogP contribution in [0.1, 0.15) is 10.4 Å². The quantitative estimate of drug-likeness (QED) is 0.810. The Morgan fingerprint density at radius 2 is 1.68 bits per heavy atom. The number of carbonyl (C=O) groups excluding carboxylic acids is 2. The van der Waals surface area contributed by atoms with Gasteiger partial charge in [0, 0.05) is 6.07 Å². The van der Waals surface area contributed by atoms with E-state index in [0.717, 1.165) is 18.2 Å². The van der Waals surface area contributed by atoms with Gasteiger partial charge in [-0.1, -0.05) is 6.07 Å². The molecule has 0 fully saturated rings. The molecule has 0 aliphatic rings. The Kier molecular flexibility index (Phi) is 5.89. The molecule has 0 heterocycles. The summed E-state index contributed by atoms with van der Waals surface area (Å²) in [5, 5.41) is 2.12. The number of halogens is 2. The maximum Gasteiger partial charge on any atom is 0.346 e. The second kappa shape index (κ2) is 8.09. The Hall–Kier alpha value is -3.16. The molecular formula is C17H15F2NO5. The van der Waals surface area contributed by atoms with Gasteiger partial charge in [0.2, 0.25) is 0 Å². The molecule has 0 atom stereocenters. The molecule has 1 amide bonds. The van der Waals surface area contributed by atoms with Gasteiger partial charge < -0.3 is 19.5 Å². The fourth-order valence-electron chi connectivity index (χ4n) is 2.04. The zero-order valence-electron chi connectivity index (χ0n) is 13.5. The van der Waals surface area contributed by atoms with Gasteiger partial charge in [0.15, 0.2) is 6.61 Å². The summed E-state index contributed by atoms with van der Waals surface area (Å²) in [5.41, 5.74) is -0.340. The molecule has 132 valence electrons. The van der Waals surface area contributed by atoms with Crippen LogP contribution in [0.5, 0.6) is 11.5 Å². The van der Waals surface area contributed by atoms with E-state index in [-0.39, 0.29) is 22.7 Å². The van der Waals surface area contributed by atoms with Crippen molar-refractivity contribution in [1.29, 1.82) is 0 Å². The number of esters is 1. The van der Waals surface area contributed by atoms with Crippen LogP contribution in [0.2, 0.25) is 0 Å². The van der Waals surface area contributed by atoms with E-state index in [1.807, 2.05) is 0 Å². The van der Waals surface area contributed by atoms with Crippen LogP contribution in [0.3, 0.4) is 0 Å². The predicted molar refractivity (Wildman–Crippen MR) is 84.8 cm³/mol. The fourth-order valence-corrected chi connectivity index (χ4v) is 2.04. The molecule has 8 heteroatoms. The lowest BCUT2D eigenvalue weighted by Crippen LogP contribution is -2.22. The summed E-state index contributed by atoms with van der Waals surface area (Å²) in [4.78, 5) is 24.0. The van der Waals surface area contributed by atoms with Crippen LogP contribution in [-0.4, -0.2) is 32.7 Å². The van der Waals surface area contributed by atoms with Gasteiger partial charge in [-0.05, 0) is 24.3 Å². The summed E-state index contributed by atoms with van der Waals surface area (Å²) < 4.78 is 41.6. The first-order chi connectivity index (χ1) is 12.0. The highest BCUT2D eigenvalue weighted by molar-refractivity contribution is 5.98. The number of hydrogen-bond acceptors (Lipinski definition) is 5. The third-order valence-corrected chi connectivity index (χ3v) is 3.17. The topological polar surface area (TPSA) is 73.9 Å². The van der Waals surface area contributed by atoms with Crippen LogP contribution >= 0.6 is 0 Å². The molecule has 1 N–H and O–H groups in total. The molecule has 0 unspecified atom stereocenters. The molecule has 6 nitrogen and oxygen atoms in total. The Morgan fingerprint density at radius 1 is 1.04 bits per heavy atom. The van der Waals surface area contributed by atoms with Gasteiger partial charge in [0.25, 0.3) is 5.91 Å². The summed E-state index contributed by atoms with van der Waals surface area (Å²) in [6.45, 7) is -0.698. The highest BCUT2D eigenvalue weighted by Crippen LogP contribution is 2.28. The van der Waals surface area contributed by atoms with E-state index in [1.165, 1.54) is 26.4 Å². The number of hydrogen-bond donors (Lipinski definition) is 1. The smallest absolute Gasteiger partial charge is 0.346 e. The van der Waals surface area contributed by atoms with Crippen molar-refractivity contribution in [2.24, 2.45) is 0 Å². The molecule has 0 aliphatic carbocycles. The van der Waals surface area contributed by atoms with Crippen molar-refractivity contribution in [1.82, 2.24) is 0 Å². The zero-order valence-corrected chi connectivity index (χ0v) is 13.5. The molecule has 2 aromatic rings. The van der Waals surface area contributed by atoms with Crippen molar-refractivity contribution < 1.29 is 32.6 Å². The van der Waals surface area contributed by atoms with Gasteiger partial charge in [0.1, 0.15) is 28.7 Å². The summed E-state index contributed by atoms with van der Waals surface area (Å²) in [7, 11) is 2.73. The first kappa shape index (κ1) is 18.2. The van der Waals surface area contributed by atoms with Gasteiger partial charge in [-0.25, -0.2) is 13.6 Å². The maximum atomic E-state index is 13.5. The number of methoxy groups -OCH3 is 2. The van der Waals surface area contributed by atoms with Crippen molar-refractivity contribution in [2.75, 3.05) is 26.1 Å². The average molecular weight is 351 g/mol. The number of benzene rings is 2. The van der Waals surface area contributed by atoms with Crippen LogP contribution in [0.25, 0.3) is 0 Å². The molecule has 0 aromatic heterocycles. The lowest BCUT2D eigenvalue weighted by Gasteiger charge is -2.12. The second-order valence-corrected chi connectivity index (χ2v) is 4.79. The van der Waals surface area contributed by atoms with Gasteiger partial charge in [-0.15, -0.1) is 0 Å². The molecular weight excluding hydrogens is 336 g/mol. The first-order valence-electron chi connectivity index (χ1n) is 7.09. The molecule has 2 rings (SSSR count). The third kappa shape index (κ3) is 4.43. The SMILES string of the molecule is COc1cccc(OC)c1C(=O)OCC(=O)Nc1cc(F)ccc1F. The van der Waals surface area contributed by atoms with Gasteiger partial charge in [-0.2, -0.15) is 0 Å². The van der Waals surface area contributed by atoms with E-state index in [1.54, 1.807) is 6.07 Å². The molecule has 2 aromatic carbocycles. The number of anilines is 1. The van der Waals surface area contributed by atoms with Gasteiger partial charge in [0.05, 0.1) is 19.9 Å². The monoisotopic (exact) mass is 351 g/mol. The van der Waals surface area contributed by atoms with Crippen molar-refractivity contribution in [3.8, 4) is 11.5 Å². The normalized spacial score (nSPS) is 10.1. The molecule has 0 bridgehead atoms. The van der Waals surface area contributed by atoms with E-state index in [0.29, 0.717) is 0 Å². The van der Waals surface area contributed by atoms with Crippen molar-refractivity contribution in [3.63, 3.8) is 0 Å². The molecule has 0 radical (unpaired) electrons. The second-order valence-electron chi connectivity index (χ2n) is 4.79. The molecule has 25 heavy (non-hydrogen) atoms. The van der Waals surface area contributed by atoms with Crippen LogP contribution in [0.15, 0.2) is 36.4 Å². The van der Waals surface area contributed by atoms with E-state index >= 15 is 0 Å². The Balaban J connectivity index is 2.05. The largest absolute Gasteiger partial charge is 0.496 e. The summed E-state index contributed by atoms with van der Waals surface area (Å²) in [5.74, 6) is -2.79. The van der Waals surface area contributed by atoms with Crippen LogP contribution in [0, 0.1) is 11.6 Å². The van der Waals surface area contributed by atoms with Crippen LogP contribution in [0.4, 0.5) is 14.5 Å². The maximum absolute atomic E-state index is 13.5. The Labute approximate surface area is 142 Å². The number of nitrogens with one attached hydrogen (secondary N) is 1. The number of amides is 1. The van der Waals surface area contributed by atoms with Crippen molar-refractivity contribution >= 4 is 17.6 Å². The van der Waals surface area contributed by atoms with Crippen LogP contribution < -0.4 is 14.8 Å². The van der Waals surface area contributed by atoms with Gasteiger partial charge >= 0.3 is 5.97 Å². The lowest BCUT2D eigenvalue weighted by atomic mass is 10.2. The van der Waals surface area contributed by atoms with E-state index < -0.39 is 30.1 Å². The molecule has 0 spiro atoms. The lowest BCUT2D eigenvalue weighted by molar-refractivity contribution is -0.119. The van der Waals surface area contributed by atoms with Crippen molar-refractivity contribution in [2.45, 2.75) is 0 Å². The fraction of sp³-hybridized carbons (Fsp3) is 0.176. The Morgan fingerprint density at radius 3 is 2.28 bits per heavy atom. The van der Waals surface area contributed by atoms with Gasteiger partial charge in [-0.3, -0.25) is 4.79 Å².